The monoisotopic (exact) mass is 344 g/mol. The second-order valence-electron chi connectivity index (χ2n) is 7.41. The molecule has 136 valence electrons. The van der Waals surface area contributed by atoms with Gasteiger partial charge in [0.25, 0.3) is 5.91 Å². The van der Waals surface area contributed by atoms with E-state index in [0.717, 1.165) is 49.3 Å². The highest BCUT2D eigenvalue weighted by atomic mass is 16.4. The fourth-order valence-electron chi connectivity index (χ4n) is 4.04. The third-order valence-corrected chi connectivity index (χ3v) is 5.40. The van der Waals surface area contributed by atoms with Crippen LogP contribution in [0.2, 0.25) is 0 Å². The van der Waals surface area contributed by atoms with Crippen LogP contribution in [0.15, 0.2) is 18.2 Å². The van der Waals surface area contributed by atoms with Gasteiger partial charge < -0.3 is 14.9 Å². The molecule has 5 nitrogen and oxygen atoms in total. The molecule has 1 aromatic carbocycles. The number of rotatable bonds is 5. The average molecular weight is 344 g/mol. The zero-order valence-electron chi connectivity index (χ0n) is 15.0. The number of amides is 1. The molecule has 0 saturated carbocycles. The van der Waals surface area contributed by atoms with Crippen LogP contribution in [-0.2, 0) is 4.79 Å². The molecule has 1 unspecified atom stereocenters. The van der Waals surface area contributed by atoms with Gasteiger partial charge in [0.15, 0.2) is 0 Å². The zero-order valence-corrected chi connectivity index (χ0v) is 15.0. The predicted molar refractivity (Wildman–Crippen MR) is 98.1 cm³/mol. The van der Waals surface area contributed by atoms with Crippen molar-refractivity contribution in [1.29, 1.82) is 0 Å². The lowest BCUT2D eigenvalue weighted by Gasteiger charge is -2.34. The lowest BCUT2D eigenvalue weighted by molar-refractivity contribution is -0.137. The summed E-state index contributed by atoms with van der Waals surface area (Å²) in [6.45, 7) is 5.51. The molecule has 5 heteroatoms. The van der Waals surface area contributed by atoms with E-state index in [2.05, 4.69) is 17.0 Å². The van der Waals surface area contributed by atoms with Crippen LogP contribution in [0.5, 0.6) is 0 Å². The highest BCUT2D eigenvalue weighted by molar-refractivity contribution is 6.00. The highest BCUT2D eigenvalue weighted by Gasteiger charge is 2.28. The second kappa shape index (κ2) is 7.89. The first kappa shape index (κ1) is 17.8. The molecule has 2 saturated heterocycles. The summed E-state index contributed by atoms with van der Waals surface area (Å²) in [6, 6.07) is 6.17. The molecule has 2 fully saturated rings. The van der Waals surface area contributed by atoms with E-state index in [1.807, 2.05) is 17.9 Å². The summed E-state index contributed by atoms with van der Waals surface area (Å²) in [4.78, 5) is 28.3. The summed E-state index contributed by atoms with van der Waals surface area (Å²) < 4.78 is 0. The molecular weight excluding hydrogens is 316 g/mol. The first-order chi connectivity index (χ1) is 12.0. The SMILES string of the molecule is Cc1ccc(N2CCCC2)c(C(=O)N2CCCC(CCC(=O)O)C2)c1. The van der Waals surface area contributed by atoms with Crippen molar-refractivity contribution in [2.45, 2.75) is 45.4 Å². The standard InChI is InChI=1S/C20H28N2O3/c1-15-6-8-18(21-10-2-3-11-21)17(13-15)20(25)22-12-4-5-16(14-22)7-9-19(23)24/h6,8,13,16H,2-5,7,9-12,14H2,1H3,(H,23,24). The number of nitrogens with zero attached hydrogens (tertiary/aromatic N) is 2. The van der Waals surface area contributed by atoms with Gasteiger partial charge in [-0.25, -0.2) is 0 Å². The number of aliphatic carboxylic acids is 1. The van der Waals surface area contributed by atoms with Gasteiger partial charge in [0.05, 0.1) is 5.56 Å². The van der Waals surface area contributed by atoms with Gasteiger partial charge in [-0.2, -0.15) is 0 Å². The molecule has 0 radical (unpaired) electrons. The Bertz CT molecular complexity index is 638. The minimum Gasteiger partial charge on any atom is -0.481 e. The number of benzene rings is 1. The zero-order chi connectivity index (χ0) is 17.8. The van der Waals surface area contributed by atoms with E-state index in [1.54, 1.807) is 0 Å². The number of anilines is 1. The fraction of sp³-hybridized carbons (Fsp3) is 0.600. The van der Waals surface area contributed by atoms with Gasteiger partial charge in [-0.15, -0.1) is 0 Å². The Kier molecular flexibility index (Phi) is 5.61. The Hall–Kier alpha value is -2.04. The Morgan fingerprint density at radius 2 is 1.92 bits per heavy atom. The lowest BCUT2D eigenvalue weighted by Crippen LogP contribution is -2.40. The molecule has 1 atom stereocenters. The number of carbonyl (C=O) groups excluding carboxylic acids is 1. The maximum Gasteiger partial charge on any atom is 0.303 e. The molecule has 2 heterocycles. The van der Waals surface area contributed by atoms with Crippen LogP contribution < -0.4 is 4.90 Å². The Balaban J connectivity index is 1.75. The molecule has 2 aliphatic heterocycles. The van der Waals surface area contributed by atoms with E-state index in [9.17, 15) is 9.59 Å². The number of likely N-dealkylation sites (tertiary alicyclic amines) is 1. The minimum atomic E-state index is -0.751. The first-order valence-electron chi connectivity index (χ1n) is 9.41. The van der Waals surface area contributed by atoms with Crippen molar-refractivity contribution < 1.29 is 14.7 Å². The van der Waals surface area contributed by atoms with Gasteiger partial charge in [0.2, 0.25) is 0 Å². The number of carbonyl (C=O) groups is 2. The van der Waals surface area contributed by atoms with Crippen molar-refractivity contribution in [2.24, 2.45) is 5.92 Å². The van der Waals surface area contributed by atoms with Crippen LogP contribution in [0.25, 0.3) is 0 Å². The highest BCUT2D eigenvalue weighted by Crippen LogP contribution is 2.29. The van der Waals surface area contributed by atoms with E-state index in [4.69, 9.17) is 5.11 Å². The van der Waals surface area contributed by atoms with Gasteiger partial charge >= 0.3 is 5.97 Å². The lowest BCUT2D eigenvalue weighted by atomic mass is 9.92. The van der Waals surface area contributed by atoms with Crippen LogP contribution in [-0.4, -0.2) is 48.1 Å². The van der Waals surface area contributed by atoms with Gasteiger partial charge in [-0.3, -0.25) is 9.59 Å². The number of piperidine rings is 1. The molecule has 1 N–H and O–H groups in total. The van der Waals surface area contributed by atoms with Gasteiger partial charge in [-0.05, 0) is 57.1 Å². The van der Waals surface area contributed by atoms with Crippen LogP contribution in [0, 0.1) is 12.8 Å². The van der Waals surface area contributed by atoms with Crippen LogP contribution in [0.3, 0.4) is 0 Å². The molecule has 2 aliphatic rings. The summed E-state index contributed by atoms with van der Waals surface area (Å²) in [5, 5.41) is 8.90. The summed E-state index contributed by atoms with van der Waals surface area (Å²) in [6.07, 6.45) is 5.19. The van der Waals surface area contributed by atoms with Gasteiger partial charge in [0, 0.05) is 38.3 Å². The van der Waals surface area contributed by atoms with Crippen molar-refractivity contribution in [3.8, 4) is 0 Å². The van der Waals surface area contributed by atoms with Crippen molar-refractivity contribution in [2.75, 3.05) is 31.1 Å². The second-order valence-corrected chi connectivity index (χ2v) is 7.41. The van der Waals surface area contributed by atoms with E-state index >= 15 is 0 Å². The maximum absolute atomic E-state index is 13.2. The van der Waals surface area contributed by atoms with E-state index in [0.29, 0.717) is 18.9 Å². The average Bonchev–Trinajstić information content (AvgIpc) is 3.14. The Morgan fingerprint density at radius 3 is 2.64 bits per heavy atom. The van der Waals surface area contributed by atoms with E-state index in [1.165, 1.54) is 12.8 Å². The van der Waals surface area contributed by atoms with Crippen LogP contribution >= 0.6 is 0 Å². The molecule has 3 rings (SSSR count). The van der Waals surface area contributed by atoms with Crippen molar-refractivity contribution in [1.82, 2.24) is 4.90 Å². The molecule has 1 amide bonds. The molecule has 25 heavy (non-hydrogen) atoms. The van der Waals surface area contributed by atoms with Crippen molar-refractivity contribution in [3.05, 3.63) is 29.3 Å². The van der Waals surface area contributed by atoms with Crippen molar-refractivity contribution >= 4 is 17.6 Å². The van der Waals surface area contributed by atoms with E-state index in [-0.39, 0.29) is 12.3 Å². The quantitative estimate of drug-likeness (QED) is 0.890. The Morgan fingerprint density at radius 1 is 1.16 bits per heavy atom. The molecule has 1 aromatic rings. The smallest absolute Gasteiger partial charge is 0.303 e. The molecular formula is C20H28N2O3. The van der Waals surface area contributed by atoms with Crippen molar-refractivity contribution in [3.63, 3.8) is 0 Å². The molecule has 0 bridgehead atoms. The normalized spacial score (nSPS) is 20.8. The molecule has 0 aliphatic carbocycles. The topological polar surface area (TPSA) is 60.9 Å². The van der Waals surface area contributed by atoms with Crippen LogP contribution in [0.1, 0.15) is 54.4 Å². The number of carboxylic acids is 1. The van der Waals surface area contributed by atoms with Gasteiger partial charge in [0.1, 0.15) is 0 Å². The molecule has 0 spiro atoms. The fourth-order valence-corrected chi connectivity index (χ4v) is 4.04. The summed E-state index contributed by atoms with van der Waals surface area (Å²) >= 11 is 0. The summed E-state index contributed by atoms with van der Waals surface area (Å²) in [5.74, 6) is -0.349. The predicted octanol–water partition coefficient (Wildman–Crippen LogP) is 3.31. The summed E-state index contributed by atoms with van der Waals surface area (Å²) in [5.41, 5.74) is 2.97. The number of carboxylic acid groups (broad SMARTS) is 1. The summed E-state index contributed by atoms with van der Waals surface area (Å²) in [7, 11) is 0. The maximum atomic E-state index is 13.2. The number of hydrogen-bond acceptors (Lipinski definition) is 3. The van der Waals surface area contributed by atoms with Crippen LogP contribution in [0.4, 0.5) is 5.69 Å². The van der Waals surface area contributed by atoms with Gasteiger partial charge in [-0.1, -0.05) is 11.6 Å². The third-order valence-electron chi connectivity index (χ3n) is 5.40. The minimum absolute atomic E-state index is 0.102. The van der Waals surface area contributed by atoms with E-state index < -0.39 is 5.97 Å². The molecule has 0 aromatic heterocycles. The number of aryl methyl sites for hydroxylation is 1. The largest absolute Gasteiger partial charge is 0.481 e. The third kappa shape index (κ3) is 4.33. The number of hydrogen-bond donors (Lipinski definition) is 1. The Labute approximate surface area is 149 Å². The first-order valence-corrected chi connectivity index (χ1v) is 9.41.